The van der Waals surface area contributed by atoms with Crippen LogP contribution in [0, 0.1) is 0 Å². The van der Waals surface area contributed by atoms with Gasteiger partial charge in [-0.15, -0.1) is 0 Å². The maximum atomic E-state index is 15.9. The van der Waals surface area contributed by atoms with Crippen molar-refractivity contribution in [2.75, 3.05) is 9.34 Å². The van der Waals surface area contributed by atoms with Crippen molar-refractivity contribution in [2.24, 2.45) is 0 Å². The molecule has 0 saturated heterocycles. The highest BCUT2D eigenvalue weighted by Crippen LogP contribution is 2.62. The van der Waals surface area contributed by atoms with Crippen LogP contribution in [0.4, 0.5) is 22.7 Å². The molecule has 34 heavy (non-hydrogen) atoms. The Balaban J connectivity index is 1.86. The lowest BCUT2D eigenvalue weighted by molar-refractivity contribution is 0.581. The summed E-state index contributed by atoms with van der Waals surface area (Å²) in [5, 5.41) is 0.746. The monoisotopic (exact) mass is 460 g/mol. The van der Waals surface area contributed by atoms with Crippen LogP contribution in [0.1, 0.15) is 0 Å². The van der Waals surface area contributed by atoms with Gasteiger partial charge in [0.15, 0.2) is 0 Å². The molecule has 0 radical (unpaired) electrons. The summed E-state index contributed by atoms with van der Waals surface area (Å²) in [7, 11) is -3.51. The van der Waals surface area contributed by atoms with E-state index in [9.17, 15) is 0 Å². The number of para-hydroxylation sites is 4. The van der Waals surface area contributed by atoms with Gasteiger partial charge in [0, 0.05) is 22.7 Å². The molecule has 0 aliphatic rings. The molecule has 0 bridgehead atoms. The molecule has 0 amide bonds. The molecule has 0 saturated carbocycles. The molecule has 0 N–H and O–H groups in total. The minimum Gasteiger partial charge on any atom is -0.272 e. The second-order valence-corrected chi connectivity index (χ2v) is 10.2. The molecule has 0 fully saturated rings. The smallest absolute Gasteiger partial charge is 0.272 e. The van der Waals surface area contributed by atoms with Gasteiger partial charge < -0.3 is 0 Å². The normalized spacial score (nSPS) is 11.1. The predicted octanol–water partition coefficient (Wildman–Crippen LogP) is 8.18. The maximum absolute atomic E-state index is 15.9. The van der Waals surface area contributed by atoms with E-state index in [2.05, 4.69) is 0 Å². The average Bonchev–Trinajstić information content (AvgIpc) is 2.92. The largest absolute Gasteiger partial charge is 0.301 e. The van der Waals surface area contributed by atoms with Crippen molar-refractivity contribution in [3.05, 3.63) is 152 Å². The Labute approximate surface area is 201 Å². The van der Waals surface area contributed by atoms with Crippen molar-refractivity contribution in [2.45, 2.75) is 0 Å². The van der Waals surface area contributed by atoms with Gasteiger partial charge in [0.05, 0.1) is 5.30 Å². The Hall–Kier alpha value is -4.07. The summed E-state index contributed by atoms with van der Waals surface area (Å²) >= 11 is 0. The minimum absolute atomic E-state index is 0.746. The summed E-state index contributed by atoms with van der Waals surface area (Å²) in [6, 6.07) is 49.6. The first-order valence-corrected chi connectivity index (χ1v) is 12.9. The quantitative estimate of drug-likeness (QED) is 0.229. The molecule has 4 heteroatoms. The summed E-state index contributed by atoms with van der Waals surface area (Å²) in [5.74, 6) is 0. The molecular formula is C30H25N2OP. The van der Waals surface area contributed by atoms with Gasteiger partial charge >= 0.3 is 7.44 Å². The van der Waals surface area contributed by atoms with Crippen LogP contribution in [0.25, 0.3) is 0 Å². The zero-order chi connectivity index (χ0) is 23.2. The van der Waals surface area contributed by atoms with Crippen LogP contribution >= 0.6 is 7.44 Å². The zero-order valence-corrected chi connectivity index (χ0v) is 19.6. The average molecular weight is 461 g/mol. The number of rotatable bonds is 7. The number of hydrogen-bond donors (Lipinski definition) is 0. The third kappa shape index (κ3) is 4.14. The Kier molecular flexibility index (Phi) is 6.29. The fourth-order valence-electron chi connectivity index (χ4n) is 4.14. The van der Waals surface area contributed by atoms with E-state index in [4.69, 9.17) is 0 Å². The van der Waals surface area contributed by atoms with Crippen molar-refractivity contribution in [3.63, 3.8) is 0 Å². The molecule has 0 aromatic heterocycles. The van der Waals surface area contributed by atoms with Crippen LogP contribution in [0.2, 0.25) is 0 Å². The molecule has 0 spiro atoms. The molecule has 166 valence electrons. The molecule has 5 aromatic rings. The molecule has 3 nitrogen and oxygen atoms in total. The Morgan fingerprint density at radius 2 is 0.588 bits per heavy atom. The first kappa shape index (κ1) is 21.8. The van der Waals surface area contributed by atoms with Crippen LogP contribution in [0.3, 0.4) is 0 Å². The summed E-state index contributed by atoms with van der Waals surface area (Å²) in [6.45, 7) is 0. The van der Waals surface area contributed by atoms with E-state index in [1.807, 2.05) is 161 Å². The highest BCUT2D eigenvalue weighted by Gasteiger charge is 2.41. The van der Waals surface area contributed by atoms with Crippen molar-refractivity contribution < 1.29 is 4.57 Å². The van der Waals surface area contributed by atoms with Crippen LogP contribution in [0.15, 0.2) is 152 Å². The zero-order valence-electron chi connectivity index (χ0n) is 18.7. The van der Waals surface area contributed by atoms with Gasteiger partial charge in [-0.2, -0.15) is 0 Å². The number of nitrogens with zero attached hydrogens (tertiary/aromatic N) is 2. The topological polar surface area (TPSA) is 23.6 Å². The van der Waals surface area contributed by atoms with Crippen LogP contribution in [-0.4, -0.2) is 0 Å². The molecule has 0 aliphatic heterocycles. The first-order valence-electron chi connectivity index (χ1n) is 11.3. The lowest BCUT2D eigenvalue weighted by atomic mass is 10.3. The van der Waals surface area contributed by atoms with Crippen LogP contribution in [-0.2, 0) is 4.57 Å². The lowest BCUT2D eigenvalue weighted by Crippen LogP contribution is -2.32. The fraction of sp³-hybridized carbons (Fsp3) is 0. The standard InChI is InChI=1S/C30H25N2OP/c33-34(30-24-14-5-15-25-30,31(26-16-6-1-7-17-26)27-18-8-2-9-19-27)32(28-20-10-3-11-21-28)29-22-12-4-13-23-29/h1-25H. The molecule has 5 rings (SSSR count). The molecular weight excluding hydrogens is 435 g/mol. The van der Waals surface area contributed by atoms with Crippen molar-refractivity contribution in [3.8, 4) is 0 Å². The summed E-state index contributed by atoms with van der Waals surface area (Å²) in [6.07, 6.45) is 0. The Morgan fingerprint density at radius 3 is 0.853 bits per heavy atom. The molecule has 0 heterocycles. The Morgan fingerprint density at radius 1 is 0.353 bits per heavy atom. The van der Waals surface area contributed by atoms with Gasteiger partial charge in [-0.1, -0.05) is 91.0 Å². The molecule has 0 unspecified atom stereocenters. The first-order chi connectivity index (χ1) is 16.8. The lowest BCUT2D eigenvalue weighted by Gasteiger charge is -2.42. The molecule has 0 aliphatic carbocycles. The fourth-order valence-corrected chi connectivity index (χ4v) is 7.13. The van der Waals surface area contributed by atoms with E-state index < -0.39 is 7.44 Å². The summed E-state index contributed by atoms with van der Waals surface area (Å²) < 4.78 is 19.8. The van der Waals surface area contributed by atoms with Gasteiger partial charge in [-0.05, 0) is 60.7 Å². The van der Waals surface area contributed by atoms with Gasteiger partial charge in [-0.3, -0.25) is 13.9 Å². The van der Waals surface area contributed by atoms with Gasteiger partial charge in [0.1, 0.15) is 0 Å². The minimum atomic E-state index is -3.51. The van der Waals surface area contributed by atoms with Gasteiger partial charge in [0.2, 0.25) is 0 Å². The molecule has 5 aromatic carbocycles. The van der Waals surface area contributed by atoms with Crippen molar-refractivity contribution in [1.82, 2.24) is 0 Å². The van der Waals surface area contributed by atoms with E-state index in [0.29, 0.717) is 0 Å². The second kappa shape index (κ2) is 9.82. The SMILES string of the molecule is O=P(c1ccccc1)(N(c1ccccc1)c1ccccc1)N(c1ccccc1)c1ccccc1. The number of hydrogen-bond acceptors (Lipinski definition) is 1. The summed E-state index contributed by atoms with van der Waals surface area (Å²) in [4.78, 5) is 0. The third-order valence-corrected chi connectivity index (χ3v) is 8.62. The molecule has 0 atom stereocenters. The second-order valence-electron chi connectivity index (χ2n) is 7.85. The van der Waals surface area contributed by atoms with E-state index in [1.165, 1.54) is 0 Å². The number of anilines is 4. The van der Waals surface area contributed by atoms with Crippen molar-refractivity contribution >= 4 is 35.5 Å². The van der Waals surface area contributed by atoms with E-state index in [1.54, 1.807) is 0 Å². The van der Waals surface area contributed by atoms with E-state index in [0.717, 1.165) is 28.1 Å². The number of benzene rings is 5. The van der Waals surface area contributed by atoms with Gasteiger partial charge in [-0.25, -0.2) is 0 Å². The maximum Gasteiger partial charge on any atom is 0.301 e. The predicted molar refractivity (Wildman–Crippen MR) is 144 cm³/mol. The summed E-state index contributed by atoms with van der Waals surface area (Å²) in [5.41, 5.74) is 3.44. The highest BCUT2D eigenvalue weighted by molar-refractivity contribution is 7.75. The van der Waals surface area contributed by atoms with Gasteiger partial charge in [0.25, 0.3) is 0 Å². The van der Waals surface area contributed by atoms with Crippen LogP contribution < -0.4 is 14.6 Å². The Bertz CT molecular complexity index is 1200. The third-order valence-electron chi connectivity index (χ3n) is 5.64. The highest BCUT2D eigenvalue weighted by atomic mass is 31.2. The van der Waals surface area contributed by atoms with Crippen molar-refractivity contribution in [1.29, 1.82) is 0 Å². The van der Waals surface area contributed by atoms with Crippen LogP contribution in [0.5, 0.6) is 0 Å². The van der Waals surface area contributed by atoms with E-state index in [-0.39, 0.29) is 0 Å². The van der Waals surface area contributed by atoms with E-state index >= 15 is 4.57 Å².